The maximum absolute atomic E-state index is 11.5. The molecule has 5 heteroatoms. The van der Waals surface area contributed by atoms with Crippen LogP contribution in [0.15, 0.2) is 24.3 Å². The van der Waals surface area contributed by atoms with Crippen LogP contribution in [0.1, 0.15) is 20.3 Å². The first kappa shape index (κ1) is 17.3. The molecule has 0 aromatic heterocycles. The van der Waals surface area contributed by atoms with Crippen molar-refractivity contribution in [3.05, 3.63) is 24.3 Å². The highest BCUT2D eigenvalue weighted by atomic mass is 16.5. The lowest BCUT2D eigenvalue weighted by atomic mass is 10.2. The molecule has 0 aliphatic carbocycles. The number of benzene rings is 1. The van der Waals surface area contributed by atoms with Gasteiger partial charge in [-0.3, -0.25) is 4.79 Å². The van der Waals surface area contributed by atoms with Crippen LogP contribution in [0.5, 0.6) is 11.5 Å². The van der Waals surface area contributed by atoms with Gasteiger partial charge in [-0.05, 0) is 30.2 Å². The van der Waals surface area contributed by atoms with Crippen LogP contribution in [0.3, 0.4) is 0 Å². The van der Waals surface area contributed by atoms with Gasteiger partial charge in [0.05, 0.1) is 7.11 Å². The molecular weight excluding hydrogens is 268 g/mol. The summed E-state index contributed by atoms with van der Waals surface area (Å²) in [6.07, 6.45) is 0.495. The quantitative estimate of drug-likeness (QED) is 0.646. The lowest BCUT2D eigenvalue weighted by molar-refractivity contribution is -0.121. The van der Waals surface area contributed by atoms with Gasteiger partial charge in [-0.2, -0.15) is 0 Å². The van der Waals surface area contributed by atoms with E-state index >= 15 is 0 Å². The Morgan fingerprint density at radius 3 is 2.43 bits per heavy atom. The second kappa shape index (κ2) is 10.0. The molecule has 5 nitrogen and oxygen atoms in total. The third-order valence-corrected chi connectivity index (χ3v) is 2.84. The van der Waals surface area contributed by atoms with E-state index in [1.807, 2.05) is 24.3 Å². The summed E-state index contributed by atoms with van der Waals surface area (Å²) < 4.78 is 10.7. The minimum Gasteiger partial charge on any atom is -0.497 e. The van der Waals surface area contributed by atoms with E-state index in [0.29, 0.717) is 32.0 Å². The molecule has 2 N–H and O–H groups in total. The minimum absolute atomic E-state index is 0.0901. The fourth-order valence-corrected chi connectivity index (χ4v) is 1.65. The van der Waals surface area contributed by atoms with Crippen molar-refractivity contribution in [2.75, 3.05) is 33.4 Å². The van der Waals surface area contributed by atoms with E-state index in [-0.39, 0.29) is 5.91 Å². The number of rotatable bonds is 10. The van der Waals surface area contributed by atoms with Crippen LogP contribution in [0.4, 0.5) is 0 Å². The predicted octanol–water partition coefficient (Wildman–Crippen LogP) is 1.83. The smallest absolute Gasteiger partial charge is 0.221 e. The van der Waals surface area contributed by atoms with Gasteiger partial charge in [-0.1, -0.05) is 13.8 Å². The molecule has 1 amide bonds. The summed E-state index contributed by atoms with van der Waals surface area (Å²) in [6.45, 7) is 6.84. The van der Waals surface area contributed by atoms with E-state index in [1.54, 1.807) is 7.11 Å². The number of methoxy groups -OCH3 is 1. The highest BCUT2D eigenvalue weighted by molar-refractivity contribution is 5.76. The van der Waals surface area contributed by atoms with Crippen molar-refractivity contribution in [2.45, 2.75) is 20.3 Å². The molecule has 1 aromatic carbocycles. The van der Waals surface area contributed by atoms with Gasteiger partial charge in [0, 0.05) is 26.1 Å². The van der Waals surface area contributed by atoms with Crippen LogP contribution in [0, 0.1) is 5.92 Å². The molecule has 0 heterocycles. The van der Waals surface area contributed by atoms with Gasteiger partial charge in [-0.25, -0.2) is 0 Å². The normalized spacial score (nSPS) is 10.5. The molecule has 0 spiro atoms. The Morgan fingerprint density at radius 1 is 1.14 bits per heavy atom. The first-order valence-electron chi connectivity index (χ1n) is 7.36. The predicted molar refractivity (Wildman–Crippen MR) is 83.8 cm³/mol. The zero-order chi connectivity index (χ0) is 15.5. The number of amides is 1. The number of hydrogen-bond donors (Lipinski definition) is 2. The van der Waals surface area contributed by atoms with Crippen LogP contribution in [-0.4, -0.2) is 39.3 Å². The van der Waals surface area contributed by atoms with Crippen molar-refractivity contribution < 1.29 is 14.3 Å². The Kier molecular flexibility index (Phi) is 8.28. The number of hydrogen-bond acceptors (Lipinski definition) is 4. The van der Waals surface area contributed by atoms with Crippen molar-refractivity contribution in [2.24, 2.45) is 5.92 Å². The van der Waals surface area contributed by atoms with Crippen LogP contribution < -0.4 is 20.1 Å². The lowest BCUT2D eigenvalue weighted by Gasteiger charge is -2.09. The summed E-state index contributed by atoms with van der Waals surface area (Å²) in [5.41, 5.74) is 0. The van der Waals surface area contributed by atoms with Crippen LogP contribution >= 0.6 is 0 Å². The van der Waals surface area contributed by atoms with E-state index < -0.39 is 0 Å². The van der Waals surface area contributed by atoms with E-state index in [4.69, 9.17) is 9.47 Å². The molecular formula is C16H26N2O3. The van der Waals surface area contributed by atoms with E-state index in [0.717, 1.165) is 18.0 Å². The topological polar surface area (TPSA) is 59.6 Å². The number of carbonyl (C=O) groups excluding carboxylic acids is 1. The Labute approximate surface area is 127 Å². The number of nitrogens with one attached hydrogen (secondary N) is 2. The zero-order valence-corrected chi connectivity index (χ0v) is 13.1. The number of carbonyl (C=O) groups is 1. The van der Waals surface area contributed by atoms with Crippen LogP contribution in [0.25, 0.3) is 0 Å². The van der Waals surface area contributed by atoms with Gasteiger partial charge in [-0.15, -0.1) is 0 Å². The molecule has 0 saturated carbocycles. The molecule has 1 rings (SSSR count). The van der Waals surface area contributed by atoms with Crippen LogP contribution in [0.2, 0.25) is 0 Å². The molecule has 21 heavy (non-hydrogen) atoms. The average Bonchev–Trinajstić information content (AvgIpc) is 2.49. The molecule has 0 aliphatic heterocycles. The van der Waals surface area contributed by atoms with Crippen LogP contribution in [-0.2, 0) is 4.79 Å². The van der Waals surface area contributed by atoms with Gasteiger partial charge in [0.1, 0.15) is 18.1 Å². The number of ether oxygens (including phenoxy) is 2. The fourth-order valence-electron chi connectivity index (χ4n) is 1.65. The summed E-state index contributed by atoms with van der Waals surface area (Å²) in [4.78, 5) is 11.5. The van der Waals surface area contributed by atoms with Crippen molar-refractivity contribution >= 4 is 5.91 Å². The maximum atomic E-state index is 11.5. The zero-order valence-electron chi connectivity index (χ0n) is 13.1. The highest BCUT2D eigenvalue weighted by Gasteiger charge is 2.01. The molecule has 1 aromatic rings. The highest BCUT2D eigenvalue weighted by Crippen LogP contribution is 2.16. The minimum atomic E-state index is 0.0901. The molecule has 0 aliphatic rings. The summed E-state index contributed by atoms with van der Waals surface area (Å²) in [6, 6.07) is 7.47. The van der Waals surface area contributed by atoms with Gasteiger partial charge >= 0.3 is 0 Å². The Morgan fingerprint density at radius 2 is 1.81 bits per heavy atom. The summed E-state index contributed by atoms with van der Waals surface area (Å²) in [5, 5.41) is 6.07. The Balaban J connectivity index is 2.02. The third kappa shape index (κ3) is 8.19. The third-order valence-electron chi connectivity index (χ3n) is 2.84. The maximum Gasteiger partial charge on any atom is 0.221 e. The molecule has 0 atom stereocenters. The Bertz CT molecular complexity index is 404. The Hall–Kier alpha value is -1.75. The van der Waals surface area contributed by atoms with E-state index in [1.165, 1.54) is 0 Å². The van der Waals surface area contributed by atoms with Gasteiger partial charge in [0.25, 0.3) is 0 Å². The molecule has 0 radical (unpaired) electrons. The van der Waals surface area contributed by atoms with Crippen molar-refractivity contribution in [1.82, 2.24) is 10.6 Å². The van der Waals surface area contributed by atoms with Gasteiger partial charge in [0.2, 0.25) is 5.91 Å². The SMILES string of the molecule is COc1ccc(OCCNCCC(=O)NCC(C)C)cc1. The first-order chi connectivity index (χ1) is 10.1. The van der Waals surface area contributed by atoms with E-state index in [2.05, 4.69) is 24.5 Å². The molecule has 0 saturated heterocycles. The van der Waals surface area contributed by atoms with Gasteiger partial charge in [0.15, 0.2) is 0 Å². The molecule has 118 valence electrons. The molecule has 0 bridgehead atoms. The second-order valence-electron chi connectivity index (χ2n) is 5.22. The van der Waals surface area contributed by atoms with Crippen molar-refractivity contribution in [3.8, 4) is 11.5 Å². The summed E-state index contributed by atoms with van der Waals surface area (Å²) in [7, 11) is 1.64. The average molecular weight is 294 g/mol. The van der Waals surface area contributed by atoms with Crippen molar-refractivity contribution in [1.29, 1.82) is 0 Å². The second-order valence-corrected chi connectivity index (χ2v) is 5.22. The first-order valence-corrected chi connectivity index (χ1v) is 7.36. The summed E-state index contributed by atoms with van der Waals surface area (Å²) >= 11 is 0. The van der Waals surface area contributed by atoms with E-state index in [9.17, 15) is 4.79 Å². The molecule has 0 fully saturated rings. The standard InChI is InChI=1S/C16H26N2O3/c1-13(2)12-18-16(19)8-9-17-10-11-21-15-6-4-14(20-3)5-7-15/h4-7,13,17H,8-12H2,1-3H3,(H,18,19). The monoisotopic (exact) mass is 294 g/mol. The largest absolute Gasteiger partial charge is 0.497 e. The fraction of sp³-hybridized carbons (Fsp3) is 0.562. The van der Waals surface area contributed by atoms with Gasteiger partial charge < -0.3 is 20.1 Å². The lowest BCUT2D eigenvalue weighted by Crippen LogP contribution is -2.31. The summed E-state index contributed by atoms with van der Waals surface area (Å²) in [5.74, 6) is 2.20. The molecule has 0 unspecified atom stereocenters. The van der Waals surface area contributed by atoms with Crippen molar-refractivity contribution in [3.63, 3.8) is 0 Å².